The molecule has 1 aliphatic heterocycles. The van der Waals surface area contributed by atoms with Gasteiger partial charge in [0.2, 0.25) is 5.91 Å². The number of amides is 1. The highest BCUT2D eigenvalue weighted by Crippen LogP contribution is 2.22. The van der Waals surface area contributed by atoms with Crippen LogP contribution in [-0.4, -0.2) is 43.0 Å². The van der Waals surface area contributed by atoms with Gasteiger partial charge in [-0.1, -0.05) is 43.7 Å². The lowest BCUT2D eigenvalue weighted by atomic mass is 9.86. The van der Waals surface area contributed by atoms with Crippen molar-refractivity contribution < 1.29 is 9.69 Å². The summed E-state index contributed by atoms with van der Waals surface area (Å²) in [5.74, 6) is 1.19. The zero-order valence-electron chi connectivity index (χ0n) is 13.8. The van der Waals surface area contributed by atoms with Gasteiger partial charge in [0.25, 0.3) is 0 Å². The molecule has 0 spiro atoms. The monoisotopic (exact) mass is 301 g/mol. The predicted molar refractivity (Wildman–Crippen MR) is 88.8 cm³/mol. The van der Waals surface area contributed by atoms with E-state index in [-0.39, 0.29) is 0 Å². The molecule has 1 saturated heterocycles. The third-order valence-corrected chi connectivity index (χ3v) is 5.47. The fourth-order valence-corrected chi connectivity index (χ4v) is 4.14. The molecule has 1 aromatic carbocycles. The Morgan fingerprint density at radius 2 is 1.91 bits per heavy atom. The average Bonchev–Trinajstić information content (AvgIpc) is 2.56. The molecule has 2 atom stereocenters. The Hall–Kier alpha value is -1.35. The molecule has 1 heterocycles. The van der Waals surface area contributed by atoms with Crippen molar-refractivity contribution in [3.63, 3.8) is 0 Å². The highest BCUT2D eigenvalue weighted by molar-refractivity contribution is 5.78. The molecule has 0 unspecified atom stereocenters. The van der Waals surface area contributed by atoms with E-state index in [4.69, 9.17) is 0 Å². The summed E-state index contributed by atoms with van der Waals surface area (Å²) in [7, 11) is 0. The van der Waals surface area contributed by atoms with Crippen molar-refractivity contribution >= 4 is 5.91 Å². The molecule has 120 valence electrons. The molecule has 0 radical (unpaired) electrons. The van der Waals surface area contributed by atoms with Crippen LogP contribution in [-0.2, 0) is 11.2 Å². The van der Waals surface area contributed by atoms with Crippen LogP contribution in [0, 0.1) is 5.92 Å². The summed E-state index contributed by atoms with van der Waals surface area (Å²) in [6.07, 6.45) is 6.12. The SMILES string of the molecule is C[C@H]1CCC[C@@H]([NH+]2CCN(C(=O)Cc3ccccc3)CC2)C1. The van der Waals surface area contributed by atoms with Crippen molar-refractivity contribution in [3.05, 3.63) is 35.9 Å². The number of hydrogen-bond acceptors (Lipinski definition) is 1. The van der Waals surface area contributed by atoms with Crippen LogP contribution in [0.2, 0.25) is 0 Å². The second-order valence-electron chi connectivity index (χ2n) is 7.17. The molecule has 3 rings (SSSR count). The van der Waals surface area contributed by atoms with Crippen LogP contribution in [0.15, 0.2) is 30.3 Å². The third kappa shape index (κ3) is 3.89. The van der Waals surface area contributed by atoms with Gasteiger partial charge in [-0.2, -0.15) is 0 Å². The van der Waals surface area contributed by atoms with Gasteiger partial charge in [0.15, 0.2) is 0 Å². The first-order chi connectivity index (χ1) is 10.7. The summed E-state index contributed by atoms with van der Waals surface area (Å²) >= 11 is 0. The Balaban J connectivity index is 1.48. The van der Waals surface area contributed by atoms with Gasteiger partial charge in [0.1, 0.15) is 0 Å². The quantitative estimate of drug-likeness (QED) is 0.900. The fourth-order valence-electron chi connectivity index (χ4n) is 4.14. The molecule has 3 nitrogen and oxygen atoms in total. The largest absolute Gasteiger partial charge is 0.331 e. The molecule has 1 amide bonds. The normalized spacial score (nSPS) is 26.9. The molecular weight excluding hydrogens is 272 g/mol. The van der Waals surface area contributed by atoms with Crippen LogP contribution in [0.3, 0.4) is 0 Å². The molecule has 1 aromatic rings. The lowest BCUT2D eigenvalue weighted by molar-refractivity contribution is -0.930. The minimum absolute atomic E-state index is 0.294. The zero-order valence-corrected chi connectivity index (χ0v) is 13.8. The number of carbonyl (C=O) groups is 1. The number of piperazine rings is 1. The minimum atomic E-state index is 0.294. The maximum atomic E-state index is 12.4. The van der Waals surface area contributed by atoms with Crippen molar-refractivity contribution in [1.82, 2.24) is 4.90 Å². The van der Waals surface area contributed by atoms with Crippen LogP contribution in [0.4, 0.5) is 0 Å². The number of benzene rings is 1. The Morgan fingerprint density at radius 1 is 1.18 bits per heavy atom. The van der Waals surface area contributed by atoms with E-state index in [2.05, 4.69) is 11.8 Å². The molecule has 2 fully saturated rings. The summed E-state index contributed by atoms with van der Waals surface area (Å²) in [6.45, 7) is 6.54. The second-order valence-corrected chi connectivity index (χ2v) is 7.17. The van der Waals surface area contributed by atoms with Crippen LogP contribution < -0.4 is 4.90 Å². The maximum Gasteiger partial charge on any atom is 0.227 e. The summed E-state index contributed by atoms with van der Waals surface area (Å²) in [4.78, 5) is 16.2. The second kappa shape index (κ2) is 7.28. The first kappa shape index (κ1) is 15.5. The molecule has 0 aromatic heterocycles. The van der Waals surface area contributed by atoms with Gasteiger partial charge in [0.05, 0.1) is 38.6 Å². The minimum Gasteiger partial charge on any atom is -0.331 e. The topological polar surface area (TPSA) is 24.8 Å². The Kier molecular flexibility index (Phi) is 5.14. The van der Waals surface area contributed by atoms with Crippen molar-refractivity contribution in [3.8, 4) is 0 Å². The number of nitrogens with one attached hydrogen (secondary N) is 1. The summed E-state index contributed by atoms with van der Waals surface area (Å²) in [5, 5.41) is 0. The summed E-state index contributed by atoms with van der Waals surface area (Å²) < 4.78 is 0. The Morgan fingerprint density at radius 3 is 2.59 bits per heavy atom. The van der Waals surface area contributed by atoms with Crippen molar-refractivity contribution in [1.29, 1.82) is 0 Å². The van der Waals surface area contributed by atoms with Gasteiger partial charge in [-0.25, -0.2) is 0 Å². The van der Waals surface area contributed by atoms with E-state index in [9.17, 15) is 4.79 Å². The predicted octanol–water partition coefficient (Wildman–Crippen LogP) is 1.53. The van der Waals surface area contributed by atoms with Crippen LogP contribution in [0.1, 0.15) is 38.2 Å². The number of rotatable bonds is 3. The standard InChI is InChI=1S/C19H28N2O/c1-16-6-5-9-18(14-16)20-10-12-21(13-11-20)19(22)15-17-7-3-2-4-8-17/h2-4,7-8,16,18H,5-6,9-15H2,1H3/p+1/t16-,18+/m0/s1. The number of hydrogen-bond donors (Lipinski definition) is 1. The van der Waals surface area contributed by atoms with Gasteiger partial charge in [-0.3, -0.25) is 4.79 Å². The van der Waals surface area contributed by atoms with E-state index in [0.29, 0.717) is 12.3 Å². The van der Waals surface area contributed by atoms with Crippen LogP contribution in [0.25, 0.3) is 0 Å². The molecular formula is C19H29N2O+. The highest BCUT2D eigenvalue weighted by atomic mass is 16.2. The first-order valence-corrected chi connectivity index (χ1v) is 8.88. The molecule has 22 heavy (non-hydrogen) atoms. The van der Waals surface area contributed by atoms with Gasteiger partial charge in [-0.15, -0.1) is 0 Å². The lowest BCUT2D eigenvalue weighted by Gasteiger charge is -2.39. The van der Waals surface area contributed by atoms with E-state index in [1.807, 2.05) is 30.3 Å². The molecule has 3 heteroatoms. The number of nitrogens with zero attached hydrogens (tertiary/aromatic N) is 1. The van der Waals surface area contributed by atoms with Crippen LogP contribution in [0.5, 0.6) is 0 Å². The molecule has 0 bridgehead atoms. The van der Waals surface area contributed by atoms with Crippen LogP contribution >= 0.6 is 0 Å². The summed E-state index contributed by atoms with van der Waals surface area (Å²) in [5.41, 5.74) is 1.13. The highest BCUT2D eigenvalue weighted by Gasteiger charge is 2.31. The van der Waals surface area contributed by atoms with E-state index in [0.717, 1.165) is 43.7 Å². The number of carbonyl (C=O) groups excluding carboxylic acids is 1. The van der Waals surface area contributed by atoms with Gasteiger partial charge in [0, 0.05) is 6.42 Å². The summed E-state index contributed by atoms with van der Waals surface area (Å²) in [6, 6.07) is 11.0. The molecule has 2 aliphatic rings. The van der Waals surface area contributed by atoms with Crippen molar-refractivity contribution in [2.75, 3.05) is 26.2 Å². The number of quaternary nitrogens is 1. The van der Waals surface area contributed by atoms with Gasteiger partial charge in [-0.05, 0) is 24.3 Å². The van der Waals surface area contributed by atoms with E-state index in [1.165, 1.54) is 25.7 Å². The van der Waals surface area contributed by atoms with Crippen molar-refractivity contribution in [2.24, 2.45) is 5.92 Å². The Labute approximate surface area is 134 Å². The van der Waals surface area contributed by atoms with E-state index < -0.39 is 0 Å². The van der Waals surface area contributed by atoms with Gasteiger partial charge < -0.3 is 9.80 Å². The molecule has 1 saturated carbocycles. The average molecular weight is 301 g/mol. The van der Waals surface area contributed by atoms with Gasteiger partial charge >= 0.3 is 0 Å². The molecule has 1 aliphatic carbocycles. The Bertz CT molecular complexity index is 479. The van der Waals surface area contributed by atoms with E-state index in [1.54, 1.807) is 4.90 Å². The zero-order chi connectivity index (χ0) is 15.4. The van der Waals surface area contributed by atoms with E-state index >= 15 is 0 Å². The molecule has 1 N–H and O–H groups in total. The maximum absolute atomic E-state index is 12.4. The third-order valence-electron chi connectivity index (χ3n) is 5.47. The first-order valence-electron chi connectivity index (χ1n) is 8.88. The lowest BCUT2D eigenvalue weighted by Crippen LogP contribution is -3.18. The van der Waals surface area contributed by atoms with Crippen molar-refractivity contribution in [2.45, 2.75) is 45.1 Å². The fraction of sp³-hybridized carbons (Fsp3) is 0.632. The smallest absolute Gasteiger partial charge is 0.227 e.